The molecule has 1 aliphatic heterocycles. The van der Waals surface area contributed by atoms with E-state index < -0.39 is 29.6 Å². The first kappa shape index (κ1) is 15.1. The first-order valence-corrected chi connectivity index (χ1v) is 6.97. The lowest BCUT2D eigenvalue weighted by Gasteiger charge is -2.25. The van der Waals surface area contributed by atoms with Gasteiger partial charge in [-0.25, -0.2) is 0 Å². The molecule has 1 unspecified atom stereocenters. The second-order valence-electron chi connectivity index (χ2n) is 5.66. The van der Waals surface area contributed by atoms with Crippen LogP contribution in [0.5, 0.6) is 5.88 Å². The molecule has 8 heteroatoms. The highest BCUT2D eigenvalue weighted by atomic mass is 19.4. The monoisotopic (exact) mass is 318 g/mol. The molecule has 1 saturated heterocycles. The van der Waals surface area contributed by atoms with Gasteiger partial charge >= 0.3 is 6.18 Å². The summed E-state index contributed by atoms with van der Waals surface area (Å²) in [5, 5.41) is 0. The van der Waals surface area contributed by atoms with Gasteiger partial charge in [-0.3, -0.25) is 4.79 Å². The molecule has 2 fully saturated rings. The fraction of sp³-hybridized carbons (Fsp3) is 0.571. The van der Waals surface area contributed by atoms with Crippen LogP contribution in [0.1, 0.15) is 19.3 Å². The number of halogens is 4. The average molecular weight is 318 g/mol. The summed E-state index contributed by atoms with van der Waals surface area (Å²) in [6, 6.07) is 4.06. The highest BCUT2D eigenvalue weighted by Crippen LogP contribution is 2.58. The van der Waals surface area contributed by atoms with Gasteiger partial charge in [0.1, 0.15) is 11.5 Å². The predicted octanol–water partition coefficient (Wildman–Crippen LogP) is 2.54. The fourth-order valence-corrected chi connectivity index (χ4v) is 2.68. The Morgan fingerprint density at radius 3 is 2.68 bits per heavy atom. The Morgan fingerprint density at radius 1 is 1.36 bits per heavy atom. The largest absolute Gasteiger partial charge is 0.472 e. The SMILES string of the molecule is O=C(N1CCC(Oc2cccc(F)n2)C1)C1(C(F)(F)F)CC1. The summed E-state index contributed by atoms with van der Waals surface area (Å²) >= 11 is 0. The molecule has 22 heavy (non-hydrogen) atoms. The maximum absolute atomic E-state index is 13.0. The Kier molecular flexibility index (Phi) is 3.49. The highest BCUT2D eigenvalue weighted by Gasteiger charge is 2.69. The van der Waals surface area contributed by atoms with E-state index in [-0.39, 0.29) is 31.8 Å². The zero-order valence-corrected chi connectivity index (χ0v) is 11.6. The van der Waals surface area contributed by atoms with E-state index in [1.54, 1.807) is 0 Å². The van der Waals surface area contributed by atoms with E-state index in [4.69, 9.17) is 4.74 Å². The van der Waals surface area contributed by atoms with Crippen molar-refractivity contribution in [1.82, 2.24) is 9.88 Å². The lowest BCUT2D eigenvalue weighted by molar-refractivity contribution is -0.198. The fourth-order valence-electron chi connectivity index (χ4n) is 2.68. The van der Waals surface area contributed by atoms with Gasteiger partial charge in [-0.1, -0.05) is 6.07 Å². The summed E-state index contributed by atoms with van der Waals surface area (Å²) in [6.45, 7) is 0.269. The summed E-state index contributed by atoms with van der Waals surface area (Å²) in [5.74, 6) is -1.51. The number of nitrogens with zero attached hydrogens (tertiary/aromatic N) is 2. The quantitative estimate of drug-likeness (QED) is 0.635. The third kappa shape index (κ3) is 2.62. The van der Waals surface area contributed by atoms with Crippen LogP contribution in [0.15, 0.2) is 18.2 Å². The molecule has 1 saturated carbocycles. The van der Waals surface area contributed by atoms with Crippen molar-refractivity contribution in [2.24, 2.45) is 5.41 Å². The number of rotatable bonds is 3. The number of hydrogen-bond donors (Lipinski definition) is 0. The molecule has 0 spiro atoms. The molecule has 2 aliphatic rings. The number of amides is 1. The Labute approximate surface area is 124 Å². The molecule has 0 N–H and O–H groups in total. The molecule has 2 heterocycles. The first-order valence-electron chi connectivity index (χ1n) is 6.97. The van der Waals surface area contributed by atoms with E-state index in [0.29, 0.717) is 6.42 Å². The molecule has 3 rings (SSSR count). The van der Waals surface area contributed by atoms with Crippen LogP contribution in [0, 0.1) is 11.4 Å². The maximum atomic E-state index is 13.0. The van der Waals surface area contributed by atoms with Crippen molar-refractivity contribution in [3.63, 3.8) is 0 Å². The van der Waals surface area contributed by atoms with Gasteiger partial charge in [0.2, 0.25) is 17.7 Å². The third-order valence-corrected chi connectivity index (χ3v) is 4.11. The van der Waals surface area contributed by atoms with Crippen LogP contribution in [0.3, 0.4) is 0 Å². The lowest BCUT2D eigenvalue weighted by atomic mass is 10.1. The summed E-state index contributed by atoms with van der Waals surface area (Å²) < 4.78 is 57.3. The normalized spacial score (nSPS) is 23.5. The van der Waals surface area contributed by atoms with Gasteiger partial charge in [0.15, 0.2) is 0 Å². The Balaban J connectivity index is 1.62. The number of carbonyl (C=O) groups is 1. The third-order valence-electron chi connectivity index (χ3n) is 4.11. The van der Waals surface area contributed by atoms with Crippen molar-refractivity contribution in [1.29, 1.82) is 0 Å². The zero-order valence-electron chi connectivity index (χ0n) is 11.6. The van der Waals surface area contributed by atoms with Crippen molar-refractivity contribution in [3.05, 3.63) is 24.1 Å². The number of aromatic nitrogens is 1. The van der Waals surface area contributed by atoms with Crippen LogP contribution in [-0.4, -0.2) is 41.2 Å². The smallest absolute Gasteiger partial charge is 0.403 e. The molecule has 0 bridgehead atoms. The summed E-state index contributed by atoms with van der Waals surface area (Å²) in [6.07, 6.45) is -4.88. The molecule has 1 atom stereocenters. The summed E-state index contributed by atoms with van der Waals surface area (Å²) in [5.41, 5.74) is -2.20. The minimum Gasteiger partial charge on any atom is -0.472 e. The topological polar surface area (TPSA) is 42.4 Å². The summed E-state index contributed by atoms with van der Waals surface area (Å²) in [7, 11) is 0. The van der Waals surface area contributed by atoms with Gasteiger partial charge in [0.25, 0.3) is 0 Å². The van der Waals surface area contributed by atoms with Crippen molar-refractivity contribution in [2.75, 3.05) is 13.1 Å². The van der Waals surface area contributed by atoms with Gasteiger partial charge in [0, 0.05) is 19.0 Å². The van der Waals surface area contributed by atoms with Gasteiger partial charge < -0.3 is 9.64 Å². The number of likely N-dealkylation sites (tertiary alicyclic amines) is 1. The van der Waals surface area contributed by atoms with Crippen LogP contribution < -0.4 is 4.74 Å². The first-order chi connectivity index (χ1) is 10.3. The Hall–Kier alpha value is -1.86. The van der Waals surface area contributed by atoms with Crippen LogP contribution >= 0.6 is 0 Å². The molecular weight excluding hydrogens is 304 g/mol. The van der Waals surface area contributed by atoms with E-state index in [9.17, 15) is 22.4 Å². The van der Waals surface area contributed by atoms with Crippen LogP contribution in [-0.2, 0) is 4.79 Å². The zero-order chi connectivity index (χ0) is 16.0. The van der Waals surface area contributed by atoms with Crippen LogP contribution in [0.4, 0.5) is 17.6 Å². The van der Waals surface area contributed by atoms with Crippen molar-refractivity contribution in [2.45, 2.75) is 31.5 Å². The van der Waals surface area contributed by atoms with E-state index in [1.165, 1.54) is 17.0 Å². The minimum atomic E-state index is -4.51. The molecule has 4 nitrogen and oxygen atoms in total. The average Bonchev–Trinajstić information content (AvgIpc) is 3.13. The molecular formula is C14H14F4N2O2. The van der Waals surface area contributed by atoms with Crippen molar-refractivity contribution in [3.8, 4) is 5.88 Å². The number of alkyl halides is 3. The van der Waals surface area contributed by atoms with Crippen LogP contribution in [0.25, 0.3) is 0 Å². The van der Waals surface area contributed by atoms with Crippen LogP contribution in [0.2, 0.25) is 0 Å². The molecule has 1 amide bonds. The Morgan fingerprint density at radius 2 is 2.09 bits per heavy atom. The summed E-state index contributed by atoms with van der Waals surface area (Å²) in [4.78, 5) is 16.8. The van der Waals surface area contributed by atoms with Gasteiger partial charge in [-0.05, 0) is 18.9 Å². The number of hydrogen-bond acceptors (Lipinski definition) is 3. The number of ether oxygens (including phenoxy) is 1. The predicted molar refractivity (Wildman–Crippen MR) is 67.5 cm³/mol. The molecule has 0 radical (unpaired) electrons. The minimum absolute atomic E-state index is 0.0643. The lowest BCUT2D eigenvalue weighted by Crippen LogP contribution is -2.43. The number of pyridine rings is 1. The van der Waals surface area contributed by atoms with E-state index in [1.807, 2.05) is 0 Å². The van der Waals surface area contributed by atoms with E-state index >= 15 is 0 Å². The highest BCUT2D eigenvalue weighted by molar-refractivity contribution is 5.86. The van der Waals surface area contributed by atoms with Crippen molar-refractivity contribution < 1.29 is 27.1 Å². The van der Waals surface area contributed by atoms with Gasteiger partial charge in [0.05, 0.1) is 6.54 Å². The second kappa shape index (κ2) is 5.10. The molecule has 1 aromatic rings. The van der Waals surface area contributed by atoms with Crippen molar-refractivity contribution >= 4 is 5.91 Å². The molecule has 0 aromatic carbocycles. The molecule has 1 aromatic heterocycles. The molecule has 1 aliphatic carbocycles. The maximum Gasteiger partial charge on any atom is 0.403 e. The van der Waals surface area contributed by atoms with E-state index in [2.05, 4.69) is 4.98 Å². The standard InChI is InChI=1S/C14H14F4N2O2/c15-10-2-1-3-11(19-10)22-9-4-7-20(8-9)12(21)13(5-6-13)14(16,17)18/h1-3,9H,4-8H2. The van der Waals surface area contributed by atoms with E-state index in [0.717, 1.165) is 6.07 Å². The molecule has 120 valence electrons. The Bertz CT molecular complexity index is 586. The number of carbonyl (C=O) groups excluding carboxylic acids is 1. The van der Waals surface area contributed by atoms with Gasteiger partial charge in [-0.2, -0.15) is 22.5 Å². The van der Waals surface area contributed by atoms with Gasteiger partial charge in [-0.15, -0.1) is 0 Å². The second-order valence-corrected chi connectivity index (χ2v) is 5.66.